The van der Waals surface area contributed by atoms with Crippen molar-refractivity contribution in [2.75, 3.05) is 18.6 Å². The lowest BCUT2D eigenvalue weighted by Gasteiger charge is -2.11. The maximum absolute atomic E-state index is 10.9. The predicted molar refractivity (Wildman–Crippen MR) is 71.9 cm³/mol. The molecule has 0 atom stereocenters. The Morgan fingerprint density at radius 3 is 2.71 bits per heavy atom. The first-order valence-corrected chi connectivity index (χ1v) is 8.07. The molecular formula is C11H16BrNO3S. The minimum Gasteiger partial charge on any atom is -0.492 e. The number of halogens is 1. The number of ether oxygens (including phenoxy) is 1. The molecule has 4 nitrogen and oxygen atoms in total. The number of hydrogen-bond acceptors (Lipinski definition) is 4. The van der Waals surface area contributed by atoms with Crippen LogP contribution in [0.4, 0.5) is 0 Å². The lowest BCUT2D eigenvalue weighted by atomic mass is 10.2. The summed E-state index contributed by atoms with van der Waals surface area (Å²) in [4.78, 5) is 0. The topological polar surface area (TPSA) is 69.4 Å². The summed E-state index contributed by atoms with van der Waals surface area (Å²) < 4.78 is 28.3. The van der Waals surface area contributed by atoms with E-state index in [9.17, 15) is 8.42 Å². The van der Waals surface area contributed by atoms with Gasteiger partial charge in [0.15, 0.2) is 0 Å². The van der Waals surface area contributed by atoms with Crippen LogP contribution < -0.4 is 10.5 Å². The van der Waals surface area contributed by atoms with Crippen LogP contribution in [0.2, 0.25) is 0 Å². The van der Waals surface area contributed by atoms with Crippen LogP contribution >= 0.6 is 15.9 Å². The molecule has 1 rings (SSSR count). The first-order valence-electron chi connectivity index (χ1n) is 5.22. The van der Waals surface area contributed by atoms with Crippen LogP contribution in [0.1, 0.15) is 12.0 Å². The molecule has 6 heteroatoms. The maximum atomic E-state index is 10.9. The van der Waals surface area contributed by atoms with Gasteiger partial charge in [-0.15, -0.1) is 0 Å². The number of benzene rings is 1. The molecule has 1 aromatic rings. The van der Waals surface area contributed by atoms with Gasteiger partial charge in [0.2, 0.25) is 0 Å². The molecule has 0 saturated carbocycles. The van der Waals surface area contributed by atoms with Crippen molar-refractivity contribution in [1.82, 2.24) is 0 Å². The molecule has 0 heterocycles. The van der Waals surface area contributed by atoms with E-state index in [1.54, 1.807) is 0 Å². The average molecular weight is 322 g/mol. The molecule has 0 aliphatic heterocycles. The smallest absolute Gasteiger partial charge is 0.147 e. The number of rotatable bonds is 6. The van der Waals surface area contributed by atoms with Gasteiger partial charge in [0.1, 0.15) is 15.6 Å². The van der Waals surface area contributed by atoms with Gasteiger partial charge in [-0.1, -0.05) is 12.1 Å². The molecule has 0 fully saturated rings. The van der Waals surface area contributed by atoms with Crippen LogP contribution in [-0.4, -0.2) is 27.0 Å². The minimum absolute atomic E-state index is 0.134. The third kappa shape index (κ3) is 5.06. The fourth-order valence-electron chi connectivity index (χ4n) is 1.37. The summed E-state index contributed by atoms with van der Waals surface area (Å²) in [5.41, 5.74) is 6.50. The zero-order valence-corrected chi connectivity index (χ0v) is 12.1. The molecule has 0 aliphatic rings. The van der Waals surface area contributed by atoms with E-state index >= 15 is 0 Å². The highest BCUT2D eigenvalue weighted by atomic mass is 79.9. The number of hydrogen-bond donors (Lipinski definition) is 1. The largest absolute Gasteiger partial charge is 0.492 e. The van der Waals surface area contributed by atoms with Crippen molar-refractivity contribution in [2.45, 2.75) is 13.0 Å². The molecule has 0 radical (unpaired) electrons. The molecule has 0 bridgehead atoms. The van der Waals surface area contributed by atoms with Crippen molar-refractivity contribution in [3.8, 4) is 5.75 Å². The molecule has 0 spiro atoms. The van der Waals surface area contributed by atoms with Gasteiger partial charge in [0.25, 0.3) is 0 Å². The van der Waals surface area contributed by atoms with Crippen molar-refractivity contribution in [1.29, 1.82) is 0 Å². The van der Waals surface area contributed by atoms with Crippen LogP contribution in [0.5, 0.6) is 5.75 Å². The van der Waals surface area contributed by atoms with Gasteiger partial charge >= 0.3 is 0 Å². The molecule has 0 aromatic heterocycles. The van der Waals surface area contributed by atoms with E-state index in [0.29, 0.717) is 25.3 Å². The van der Waals surface area contributed by atoms with E-state index in [-0.39, 0.29) is 5.75 Å². The van der Waals surface area contributed by atoms with Gasteiger partial charge in [0.05, 0.1) is 16.8 Å². The van der Waals surface area contributed by atoms with Gasteiger partial charge in [-0.2, -0.15) is 0 Å². The SMILES string of the molecule is CS(=O)(=O)CCCOc1c(Br)cccc1CN. The molecule has 0 aliphatic carbocycles. The second-order valence-electron chi connectivity index (χ2n) is 3.76. The summed E-state index contributed by atoms with van der Waals surface area (Å²) >= 11 is 3.38. The highest BCUT2D eigenvalue weighted by Gasteiger charge is 2.07. The second-order valence-corrected chi connectivity index (χ2v) is 6.88. The Hall–Kier alpha value is -0.590. The van der Waals surface area contributed by atoms with Crippen molar-refractivity contribution in [3.63, 3.8) is 0 Å². The Balaban J connectivity index is 2.57. The highest BCUT2D eigenvalue weighted by molar-refractivity contribution is 9.10. The van der Waals surface area contributed by atoms with E-state index in [1.165, 1.54) is 6.26 Å². The standard InChI is InChI=1S/C11H16BrNO3S/c1-17(14,15)7-3-6-16-11-9(8-13)4-2-5-10(11)12/h2,4-5H,3,6-8,13H2,1H3. The molecule has 17 heavy (non-hydrogen) atoms. The van der Waals surface area contributed by atoms with Crippen molar-refractivity contribution in [2.24, 2.45) is 5.73 Å². The zero-order chi connectivity index (χ0) is 12.9. The molecule has 96 valence electrons. The third-order valence-electron chi connectivity index (χ3n) is 2.17. The summed E-state index contributed by atoms with van der Waals surface area (Å²) in [6, 6.07) is 5.64. The highest BCUT2D eigenvalue weighted by Crippen LogP contribution is 2.28. The van der Waals surface area contributed by atoms with Crippen molar-refractivity contribution >= 4 is 25.8 Å². The fourth-order valence-corrected chi connectivity index (χ4v) is 2.54. The van der Waals surface area contributed by atoms with Crippen LogP contribution in [-0.2, 0) is 16.4 Å². The predicted octanol–water partition coefficient (Wildman–Crippen LogP) is 1.72. The van der Waals surface area contributed by atoms with Gasteiger partial charge in [-0.05, 0) is 28.4 Å². The number of para-hydroxylation sites is 1. The van der Waals surface area contributed by atoms with E-state index in [0.717, 1.165) is 10.0 Å². The maximum Gasteiger partial charge on any atom is 0.147 e. The summed E-state index contributed by atoms with van der Waals surface area (Å²) in [5, 5.41) is 0. The third-order valence-corrected chi connectivity index (χ3v) is 3.83. The Kier molecular flexibility index (Phi) is 5.42. The second kappa shape index (κ2) is 6.37. The fraction of sp³-hybridized carbons (Fsp3) is 0.455. The summed E-state index contributed by atoms with van der Waals surface area (Å²) in [7, 11) is -2.92. The molecular weight excluding hydrogens is 306 g/mol. The van der Waals surface area contributed by atoms with Crippen LogP contribution in [0.15, 0.2) is 22.7 Å². The van der Waals surface area contributed by atoms with Crippen LogP contribution in [0, 0.1) is 0 Å². The molecule has 0 saturated heterocycles. The van der Waals surface area contributed by atoms with E-state index < -0.39 is 9.84 Å². The van der Waals surface area contributed by atoms with E-state index in [2.05, 4.69) is 15.9 Å². The zero-order valence-electron chi connectivity index (χ0n) is 9.65. The van der Waals surface area contributed by atoms with E-state index in [4.69, 9.17) is 10.5 Å². The van der Waals surface area contributed by atoms with Crippen molar-refractivity contribution in [3.05, 3.63) is 28.2 Å². The minimum atomic E-state index is -2.92. The molecule has 1 aromatic carbocycles. The molecule has 0 amide bonds. The molecule has 0 unspecified atom stereocenters. The van der Waals surface area contributed by atoms with Gasteiger partial charge in [-0.25, -0.2) is 8.42 Å². The summed E-state index contributed by atoms with van der Waals surface area (Å²) in [6.45, 7) is 0.754. The van der Waals surface area contributed by atoms with Crippen LogP contribution in [0.25, 0.3) is 0 Å². The average Bonchev–Trinajstić information content (AvgIpc) is 2.24. The first-order chi connectivity index (χ1) is 7.94. The quantitative estimate of drug-likeness (QED) is 0.810. The lowest BCUT2D eigenvalue weighted by Crippen LogP contribution is -2.09. The Bertz CT molecular complexity index is 474. The van der Waals surface area contributed by atoms with Gasteiger partial charge in [0, 0.05) is 18.4 Å². The Morgan fingerprint density at radius 1 is 1.41 bits per heavy atom. The summed E-state index contributed by atoms with van der Waals surface area (Å²) in [5.74, 6) is 0.832. The van der Waals surface area contributed by atoms with Crippen LogP contribution in [0.3, 0.4) is 0 Å². The Morgan fingerprint density at radius 2 is 2.12 bits per heavy atom. The Labute approximate surface area is 110 Å². The number of sulfone groups is 1. The van der Waals surface area contributed by atoms with Gasteiger partial charge < -0.3 is 10.5 Å². The monoisotopic (exact) mass is 321 g/mol. The van der Waals surface area contributed by atoms with Gasteiger partial charge in [-0.3, -0.25) is 0 Å². The summed E-state index contributed by atoms with van der Waals surface area (Å²) in [6.07, 6.45) is 1.70. The van der Waals surface area contributed by atoms with Crippen molar-refractivity contribution < 1.29 is 13.2 Å². The first kappa shape index (κ1) is 14.5. The lowest BCUT2D eigenvalue weighted by molar-refractivity contribution is 0.312. The normalized spacial score (nSPS) is 11.5. The number of nitrogens with two attached hydrogens (primary N) is 1. The molecule has 2 N–H and O–H groups in total. The van der Waals surface area contributed by atoms with E-state index in [1.807, 2.05) is 18.2 Å².